The van der Waals surface area contributed by atoms with Crippen LogP contribution in [0.4, 0.5) is 5.69 Å². The fraction of sp³-hybridized carbons (Fsp3) is 0.481. The van der Waals surface area contributed by atoms with Gasteiger partial charge in [-0.05, 0) is 68.5 Å². The van der Waals surface area contributed by atoms with Crippen LogP contribution in [0.3, 0.4) is 0 Å². The Morgan fingerprint density at radius 2 is 1.76 bits per heavy atom. The van der Waals surface area contributed by atoms with Crippen LogP contribution in [0.1, 0.15) is 49.3 Å². The second-order valence-electron chi connectivity index (χ2n) is 9.90. The lowest BCUT2D eigenvalue weighted by atomic mass is 10.1. The molecule has 1 atom stereocenters. The topological polar surface area (TPSA) is 90.0 Å². The van der Waals surface area contributed by atoms with Gasteiger partial charge in [-0.1, -0.05) is 53.0 Å². The highest BCUT2D eigenvalue weighted by atomic mass is 79.9. The summed E-state index contributed by atoms with van der Waals surface area (Å²) in [7, 11) is -1.11. The van der Waals surface area contributed by atoms with Crippen molar-refractivity contribution >= 4 is 43.6 Å². The van der Waals surface area contributed by atoms with Gasteiger partial charge in [0.25, 0.3) is 0 Å². The molecular weight excluding hydrogens is 556 g/mol. The van der Waals surface area contributed by atoms with E-state index in [1.54, 1.807) is 13.0 Å². The first-order valence-corrected chi connectivity index (χ1v) is 14.7. The molecule has 1 aliphatic rings. The maximum Gasteiger partial charge on any atom is 0.304 e. The van der Waals surface area contributed by atoms with Crippen LogP contribution < -0.4 is 9.62 Å². The standard InChI is InChI=1S/C27H37BrN4O4S/c1-19-13-14-20(2)25(15-19)32(37(35,36)30(4)5)18-26(33)31(17-22-9-8-10-23(28)16-22)21(3)27(34)29-24-11-6-7-12-24/h8-10,13-16,21,24H,6-7,11-12,17-18H2,1-5H3,(H,29,34)/t21-/m0/s1. The largest absolute Gasteiger partial charge is 0.352 e. The minimum atomic E-state index is -3.99. The van der Waals surface area contributed by atoms with E-state index in [2.05, 4.69) is 21.2 Å². The molecule has 2 amide bonds. The number of hydrogen-bond acceptors (Lipinski definition) is 4. The Hall–Kier alpha value is -2.43. The lowest BCUT2D eigenvalue weighted by Crippen LogP contribution is -2.53. The molecule has 0 heterocycles. The van der Waals surface area contributed by atoms with Crippen LogP contribution in [0.5, 0.6) is 0 Å². The van der Waals surface area contributed by atoms with Gasteiger partial charge < -0.3 is 10.2 Å². The summed E-state index contributed by atoms with van der Waals surface area (Å²) in [5.41, 5.74) is 2.88. The zero-order valence-electron chi connectivity index (χ0n) is 22.2. The highest BCUT2D eigenvalue weighted by molar-refractivity contribution is 9.10. The Kier molecular flexibility index (Phi) is 9.77. The normalized spacial score (nSPS) is 15.0. The Morgan fingerprint density at radius 3 is 2.38 bits per heavy atom. The van der Waals surface area contributed by atoms with Gasteiger partial charge in [0.1, 0.15) is 12.6 Å². The van der Waals surface area contributed by atoms with Gasteiger partial charge in [0, 0.05) is 31.2 Å². The highest BCUT2D eigenvalue weighted by Gasteiger charge is 2.34. The minimum Gasteiger partial charge on any atom is -0.352 e. The second kappa shape index (κ2) is 12.4. The number of nitrogens with one attached hydrogen (secondary N) is 1. The third-order valence-corrected chi connectivity index (χ3v) is 9.06. The van der Waals surface area contributed by atoms with Crippen molar-refractivity contribution in [2.24, 2.45) is 0 Å². The third-order valence-electron chi connectivity index (χ3n) is 6.76. The number of hydrogen-bond donors (Lipinski definition) is 1. The van der Waals surface area contributed by atoms with Crippen LogP contribution in [0.15, 0.2) is 46.9 Å². The third kappa shape index (κ3) is 7.33. The van der Waals surface area contributed by atoms with Gasteiger partial charge in [-0.15, -0.1) is 0 Å². The quantitative estimate of drug-likeness (QED) is 0.448. The fourth-order valence-electron chi connectivity index (χ4n) is 4.50. The van der Waals surface area contributed by atoms with Crippen molar-refractivity contribution in [3.8, 4) is 0 Å². The molecule has 2 aromatic rings. The van der Waals surface area contributed by atoms with E-state index in [4.69, 9.17) is 0 Å². The molecule has 1 N–H and O–H groups in total. The van der Waals surface area contributed by atoms with Crippen molar-refractivity contribution in [2.45, 2.75) is 65.1 Å². The van der Waals surface area contributed by atoms with Gasteiger partial charge in [-0.25, -0.2) is 4.31 Å². The van der Waals surface area contributed by atoms with E-state index in [9.17, 15) is 18.0 Å². The molecular formula is C27H37BrN4O4S. The average Bonchev–Trinajstić information content (AvgIpc) is 3.35. The van der Waals surface area contributed by atoms with Crippen LogP contribution in [0, 0.1) is 13.8 Å². The van der Waals surface area contributed by atoms with Gasteiger partial charge >= 0.3 is 10.2 Å². The summed E-state index contributed by atoms with van der Waals surface area (Å²) in [6.45, 7) is 5.12. The van der Waals surface area contributed by atoms with E-state index >= 15 is 0 Å². The number of rotatable bonds is 10. The summed E-state index contributed by atoms with van der Waals surface area (Å²) in [5, 5.41) is 3.08. The number of halogens is 1. The van der Waals surface area contributed by atoms with Crippen molar-refractivity contribution < 1.29 is 18.0 Å². The van der Waals surface area contributed by atoms with Gasteiger partial charge in [0.05, 0.1) is 5.69 Å². The van der Waals surface area contributed by atoms with Crippen molar-refractivity contribution in [1.82, 2.24) is 14.5 Å². The van der Waals surface area contributed by atoms with E-state index in [0.29, 0.717) is 5.69 Å². The van der Waals surface area contributed by atoms with E-state index in [-0.39, 0.29) is 18.5 Å². The Morgan fingerprint density at radius 1 is 1.08 bits per heavy atom. The maximum atomic E-state index is 13.9. The fourth-order valence-corrected chi connectivity index (χ4v) is 6.06. The molecule has 37 heavy (non-hydrogen) atoms. The summed E-state index contributed by atoms with van der Waals surface area (Å²) in [6.07, 6.45) is 4.01. The summed E-state index contributed by atoms with van der Waals surface area (Å²) >= 11 is 3.47. The molecule has 202 valence electrons. The number of aryl methyl sites for hydroxylation is 2. The molecule has 10 heteroatoms. The van der Waals surface area contributed by atoms with E-state index in [1.165, 1.54) is 19.0 Å². The molecule has 0 spiro atoms. The first kappa shape index (κ1) is 29.1. The first-order chi connectivity index (χ1) is 17.4. The minimum absolute atomic E-state index is 0.110. The van der Waals surface area contributed by atoms with Gasteiger partial charge in [-0.3, -0.25) is 9.59 Å². The van der Waals surface area contributed by atoms with Crippen LogP contribution in [0.2, 0.25) is 0 Å². The Bertz CT molecular complexity index is 1230. The van der Waals surface area contributed by atoms with Crippen LogP contribution in [-0.4, -0.2) is 62.2 Å². The molecule has 2 aromatic carbocycles. The second-order valence-corrected chi connectivity index (χ2v) is 12.9. The molecule has 3 rings (SSSR count). The SMILES string of the molecule is Cc1ccc(C)c(N(CC(=O)N(Cc2cccc(Br)c2)[C@@H](C)C(=O)NC2CCCC2)S(=O)(=O)N(C)C)c1. The number of nitrogens with zero attached hydrogens (tertiary/aromatic N) is 3. The molecule has 1 fully saturated rings. The zero-order chi connectivity index (χ0) is 27.3. The van der Waals surface area contributed by atoms with E-state index in [0.717, 1.165) is 55.5 Å². The molecule has 0 aliphatic heterocycles. The van der Waals surface area contributed by atoms with E-state index < -0.39 is 28.7 Å². The number of amides is 2. The molecule has 0 unspecified atom stereocenters. The molecule has 0 bridgehead atoms. The zero-order valence-corrected chi connectivity index (χ0v) is 24.6. The van der Waals surface area contributed by atoms with Crippen molar-refractivity contribution in [3.63, 3.8) is 0 Å². The number of carbonyl (C=O) groups excluding carboxylic acids is 2. The molecule has 8 nitrogen and oxygen atoms in total. The van der Waals surface area contributed by atoms with Gasteiger partial charge in [0.15, 0.2) is 0 Å². The molecule has 1 saturated carbocycles. The van der Waals surface area contributed by atoms with Crippen molar-refractivity contribution in [1.29, 1.82) is 0 Å². The lowest BCUT2D eigenvalue weighted by molar-refractivity contribution is -0.139. The first-order valence-electron chi connectivity index (χ1n) is 12.5. The number of carbonyl (C=O) groups is 2. The summed E-state index contributed by atoms with van der Waals surface area (Å²) < 4.78 is 29.9. The van der Waals surface area contributed by atoms with Gasteiger partial charge in [-0.2, -0.15) is 12.7 Å². The Balaban J connectivity index is 1.96. The van der Waals surface area contributed by atoms with E-state index in [1.807, 2.05) is 50.2 Å². The smallest absolute Gasteiger partial charge is 0.304 e. The molecule has 0 aromatic heterocycles. The Labute approximate surface area is 229 Å². The average molecular weight is 594 g/mol. The summed E-state index contributed by atoms with van der Waals surface area (Å²) in [4.78, 5) is 28.5. The van der Waals surface area contributed by atoms with Crippen molar-refractivity contribution in [2.75, 3.05) is 24.9 Å². The monoisotopic (exact) mass is 592 g/mol. The molecule has 0 saturated heterocycles. The highest BCUT2D eigenvalue weighted by Crippen LogP contribution is 2.26. The van der Waals surface area contributed by atoms with Crippen molar-refractivity contribution in [3.05, 3.63) is 63.6 Å². The predicted octanol–water partition coefficient (Wildman–Crippen LogP) is 4.15. The van der Waals surface area contributed by atoms with Crippen LogP contribution in [-0.2, 0) is 26.3 Å². The number of anilines is 1. The predicted molar refractivity (Wildman–Crippen MR) is 150 cm³/mol. The summed E-state index contributed by atoms with van der Waals surface area (Å²) in [5.74, 6) is -0.690. The lowest BCUT2D eigenvalue weighted by Gasteiger charge is -2.33. The molecule has 1 aliphatic carbocycles. The van der Waals surface area contributed by atoms with Crippen LogP contribution >= 0.6 is 15.9 Å². The summed E-state index contributed by atoms with van der Waals surface area (Å²) in [6, 6.07) is 12.3. The van der Waals surface area contributed by atoms with Gasteiger partial charge in [0.2, 0.25) is 11.8 Å². The van der Waals surface area contributed by atoms with Crippen LogP contribution in [0.25, 0.3) is 0 Å². The maximum absolute atomic E-state index is 13.9. The molecule has 0 radical (unpaired) electrons. The number of benzene rings is 2.